The summed E-state index contributed by atoms with van der Waals surface area (Å²) in [6.45, 7) is 2.37. The molecule has 2 nitrogen and oxygen atoms in total. The van der Waals surface area contributed by atoms with Crippen molar-refractivity contribution in [1.29, 1.82) is 0 Å². The van der Waals surface area contributed by atoms with Gasteiger partial charge in [0.15, 0.2) is 0 Å². The van der Waals surface area contributed by atoms with Gasteiger partial charge in [-0.3, -0.25) is 0 Å². The molecule has 3 atom stereocenters. The van der Waals surface area contributed by atoms with Crippen molar-refractivity contribution in [1.82, 2.24) is 10.3 Å². The molecule has 0 spiro atoms. The molecule has 0 radical (unpaired) electrons. The van der Waals surface area contributed by atoms with Crippen molar-refractivity contribution in [3.8, 4) is 0 Å². The molecule has 3 unspecified atom stereocenters. The van der Waals surface area contributed by atoms with Crippen LogP contribution in [0.15, 0.2) is 10.9 Å². The highest BCUT2D eigenvalue weighted by atomic mass is 32.1. The highest BCUT2D eigenvalue weighted by Gasteiger charge is 2.31. The van der Waals surface area contributed by atoms with E-state index >= 15 is 0 Å². The monoisotopic (exact) mass is 210 g/mol. The average Bonchev–Trinajstić information content (AvgIpc) is 2.80. The van der Waals surface area contributed by atoms with E-state index < -0.39 is 0 Å². The lowest BCUT2D eigenvalue weighted by Gasteiger charge is -2.25. The van der Waals surface area contributed by atoms with Crippen LogP contribution in [0.2, 0.25) is 0 Å². The fourth-order valence-corrected chi connectivity index (χ4v) is 3.22. The summed E-state index contributed by atoms with van der Waals surface area (Å²) in [5, 5.41) is 5.59. The molecule has 78 valence electrons. The molecule has 1 saturated carbocycles. The number of aromatic nitrogens is 1. The maximum Gasteiger partial charge on any atom is 0.0795 e. The Kier molecular flexibility index (Phi) is 3.19. The summed E-state index contributed by atoms with van der Waals surface area (Å²) >= 11 is 1.69. The minimum absolute atomic E-state index is 0.471. The second-order valence-electron chi connectivity index (χ2n) is 4.25. The van der Waals surface area contributed by atoms with E-state index in [2.05, 4.69) is 29.7 Å². The zero-order valence-electron chi connectivity index (χ0n) is 8.86. The molecule has 1 aliphatic rings. The first-order valence-electron chi connectivity index (χ1n) is 5.38. The number of nitrogens with one attached hydrogen (secondary N) is 1. The van der Waals surface area contributed by atoms with Gasteiger partial charge in [-0.15, -0.1) is 11.3 Å². The molecule has 1 aliphatic carbocycles. The van der Waals surface area contributed by atoms with Gasteiger partial charge < -0.3 is 5.32 Å². The maximum absolute atomic E-state index is 4.42. The Hall–Kier alpha value is -0.410. The lowest BCUT2D eigenvalue weighted by Crippen LogP contribution is -2.27. The van der Waals surface area contributed by atoms with Crippen molar-refractivity contribution >= 4 is 11.3 Å². The molecule has 0 amide bonds. The van der Waals surface area contributed by atoms with Gasteiger partial charge in [0.2, 0.25) is 0 Å². The normalized spacial score (nSPS) is 29.3. The average molecular weight is 210 g/mol. The molecule has 0 bridgehead atoms. The van der Waals surface area contributed by atoms with Gasteiger partial charge in [-0.25, -0.2) is 4.98 Å². The summed E-state index contributed by atoms with van der Waals surface area (Å²) in [5.74, 6) is 1.62. The van der Waals surface area contributed by atoms with E-state index in [0.29, 0.717) is 6.04 Å². The first kappa shape index (κ1) is 10.1. The molecule has 14 heavy (non-hydrogen) atoms. The topological polar surface area (TPSA) is 24.9 Å². The lowest BCUT2D eigenvalue weighted by atomic mass is 9.89. The van der Waals surface area contributed by atoms with E-state index in [0.717, 1.165) is 11.8 Å². The summed E-state index contributed by atoms with van der Waals surface area (Å²) in [6.07, 6.45) is 4.12. The first-order chi connectivity index (χ1) is 6.83. The van der Waals surface area contributed by atoms with Crippen molar-refractivity contribution in [2.75, 3.05) is 7.05 Å². The fourth-order valence-electron chi connectivity index (χ4n) is 2.63. The number of hydrogen-bond acceptors (Lipinski definition) is 3. The Morgan fingerprint density at radius 2 is 2.43 bits per heavy atom. The molecule has 1 aromatic rings. The lowest BCUT2D eigenvalue weighted by molar-refractivity contribution is 0.311. The van der Waals surface area contributed by atoms with Crippen molar-refractivity contribution in [3.05, 3.63) is 16.6 Å². The maximum atomic E-state index is 4.42. The van der Waals surface area contributed by atoms with Crippen LogP contribution in [0, 0.1) is 11.8 Å². The molecule has 1 N–H and O–H groups in total. The van der Waals surface area contributed by atoms with Crippen molar-refractivity contribution in [3.63, 3.8) is 0 Å². The molecule has 0 saturated heterocycles. The standard InChI is InChI=1S/C11H18N2S/c1-8-4-3-5-9(8)11(12-2)10-6-14-7-13-10/h6-9,11-12H,3-5H2,1-2H3. The minimum atomic E-state index is 0.471. The Labute approximate surface area is 89.8 Å². The van der Waals surface area contributed by atoms with Crippen molar-refractivity contribution in [2.45, 2.75) is 32.2 Å². The third kappa shape index (κ3) is 1.84. The van der Waals surface area contributed by atoms with E-state index in [-0.39, 0.29) is 0 Å². The Morgan fingerprint density at radius 3 is 2.93 bits per heavy atom. The molecule has 3 heteroatoms. The van der Waals surface area contributed by atoms with Gasteiger partial charge in [0.05, 0.1) is 17.2 Å². The van der Waals surface area contributed by atoms with Crippen LogP contribution in [-0.4, -0.2) is 12.0 Å². The fraction of sp³-hybridized carbons (Fsp3) is 0.727. The molecule has 0 aromatic carbocycles. The highest BCUT2D eigenvalue weighted by molar-refractivity contribution is 7.07. The van der Waals surface area contributed by atoms with Gasteiger partial charge >= 0.3 is 0 Å². The van der Waals surface area contributed by atoms with Crippen LogP contribution in [0.3, 0.4) is 0 Å². The van der Waals surface area contributed by atoms with Gasteiger partial charge in [0.25, 0.3) is 0 Å². The summed E-state index contributed by atoms with van der Waals surface area (Å²) in [4.78, 5) is 4.42. The number of rotatable bonds is 3. The number of nitrogens with zero attached hydrogens (tertiary/aromatic N) is 1. The number of hydrogen-bond donors (Lipinski definition) is 1. The van der Waals surface area contributed by atoms with Gasteiger partial charge in [-0.1, -0.05) is 19.8 Å². The molecule has 1 aromatic heterocycles. The van der Waals surface area contributed by atoms with Gasteiger partial charge in [-0.05, 0) is 25.3 Å². The third-order valence-corrected chi connectivity index (χ3v) is 4.04. The van der Waals surface area contributed by atoms with Gasteiger partial charge in [0.1, 0.15) is 0 Å². The Morgan fingerprint density at radius 1 is 1.57 bits per heavy atom. The zero-order chi connectivity index (χ0) is 9.97. The van der Waals surface area contributed by atoms with Crippen LogP contribution in [0.5, 0.6) is 0 Å². The van der Waals surface area contributed by atoms with Crippen LogP contribution in [0.1, 0.15) is 37.9 Å². The summed E-state index contributed by atoms with van der Waals surface area (Å²) < 4.78 is 0. The SMILES string of the molecule is CNC(c1cscn1)C1CCCC1C. The van der Waals surface area contributed by atoms with E-state index in [4.69, 9.17) is 0 Å². The second kappa shape index (κ2) is 4.41. The number of thiazole rings is 1. The first-order valence-corrected chi connectivity index (χ1v) is 6.32. The summed E-state index contributed by atoms with van der Waals surface area (Å²) in [5.41, 5.74) is 3.16. The van der Waals surface area contributed by atoms with E-state index in [1.165, 1.54) is 25.0 Å². The Bertz CT molecular complexity index is 271. The van der Waals surface area contributed by atoms with Gasteiger partial charge in [0, 0.05) is 5.38 Å². The van der Waals surface area contributed by atoms with E-state index in [1.807, 2.05) is 5.51 Å². The van der Waals surface area contributed by atoms with E-state index in [9.17, 15) is 0 Å². The largest absolute Gasteiger partial charge is 0.311 e. The van der Waals surface area contributed by atoms with Crippen molar-refractivity contribution < 1.29 is 0 Å². The zero-order valence-corrected chi connectivity index (χ0v) is 9.68. The van der Waals surface area contributed by atoms with Crippen LogP contribution < -0.4 is 5.32 Å². The summed E-state index contributed by atoms with van der Waals surface area (Å²) in [7, 11) is 2.05. The quantitative estimate of drug-likeness (QED) is 0.830. The molecule has 1 heterocycles. The predicted octanol–water partition coefficient (Wildman–Crippen LogP) is 2.84. The van der Waals surface area contributed by atoms with Crippen LogP contribution in [-0.2, 0) is 0 Å². The molecular formula is C11H18N2S. The molecule has 1 fully saturated rings. The van der Waals surface area contributed by atoms with Crippen LogP contribution in [0.4, 0.5) is 0 Å². The molecular weight excluding hydrogens is 192 g/mol. The van der Waals surface area contributed by atoms with Gasteiger partial charge in [-0.2, -0.15) is 0 Å². The van der Waals surface area contributed by atoms with Crippen LogP contribution in [0.25, 0.3) is 0 Å². The summed E-state index contributed by atoms with van der Waals surface area (Å²) in [6, 6.07) is 0.471. The predicted molar refractivity (Wildman–Crippen MR) is 60.4 cm³/mol. The van der Waals surface area contributed by atoms with E-state index in [1.54, 1.807) is 11.3 Å². The van der Waals surface area contributed by atoms with Crippen molar-refractivity contribution in [2.24, 2.45) is 11.8 Å². The highest BCUT2D eigenvalue weighted by Crippen LogP contribution is 2.39. The minimum Gasteiger partial charge on any atom is -0.311 e. The smallest absolute Gasteiger partial charge is 0.0795 e. The molecule has 0 aliphatic heterocycles. The second-order valence-corrected chi connectivity index (χ2v) is 4.97. The Balaban J connectivity index is 2.13. The molecule has 2 rings (SSSR count). The third-order valence-electron chi connectivity index (χ3n) is 3.44. The van der Waals surface area contributed by atoms with Crippen LogP contribution >= 0.6 is 11.3 Å².